The quantitative estimate of drug-likeness (QED) is 0.163. The molecule has 3 fully saturated rings. The van der Waals surface area contributed by atoms with Crippen molar-refractivity contribution in [3.05, 3.63) is 83.1 Å². The minimum Gasteiger partial charge on any atom is -0.494 e. The average Bonchev–Trinajstić information content (AvgIpc) is 3.74. The second-order valence-corrected chi connectivity index (χ2v) is 16.0. The topological polar surface area (TPSA) is 167 Å². The monoisotopic (exact) mass is 796 g/mol. The molecule has 0 radical (unpaired) electrons. The molecular weight excluding hydrogens is 751 g/mol. The van der Waals surface area contributed by atoms with Crippen LogP contribution >= 0.6 is 0 Å². The van der Waals surface area contributed by atoms with Crippen LogP contribution < -0.4 is 20.7 Å². The number of piperidine rings is 2. The molecule has 16 heteroatoms. The number of halogens is 2. The van der Waals surface area contributed by atoms with E-state index in [2.05, 4.69) is 25.8 Å². The maximum atomic E-state index is 13.8. The van der Waals surface area contributed by atoms with Gasteiger partial charge in [0.25, 0.3) is 23.6 Å². The summed E-state index contributed by atoms with van der Waals surface area (Å²) in [4.78, 5) is 76.1. The number of imidazole rings is 1. The Hall–Kier alpha value is -5.77. The van der Waals surface area contributed by atoms with Crippen LogP contribution in [0.3, 0.4) is 0 Å². The number of nitrogens with zero attached hydrogens (tertiary/aromatic N) is 5. The number of aromatic nitrogens is 3. The van der Waals surface area contributed by atoms with Crippen LogP contribution in [-0.4, -0.2) is 93.0 Å². The molecule has 1 saturated carbocycles. The van der Waals surface area contributed by atoms with E-state index in [0.29, 0.717) is 47.1 Å². The highest BCUT2D eigenvalue weighted by Crippen LogP contribution is 2.38. The van der Waals surface area contributed by atoms with Crippen molar-refractivity contribution in [1.29, 1.82) is 0 Å². The zero-order valence-corrected chi connectivity index (χ0v) is 32.4. The van der Waals surface area contributed by atoms with Gasteiger partial charge in [-0.2, -0.15) is 8.78 Å². The number of rotatable bonds is 11. The van der Waals surface area contributed by atoms with Gasteiger partial charge in [0.05, 0.1) is 23.9 Å². The van der Waals surface area contributed by atoms with Gasteiger partial charge in [0.1, 0.15) is 34.5 Å². The van der Waals surface area contributed by atoms with E-state index >= 15 is 0 Å². The van der Waals surface area contributed by atoms with Crippen molar-refractivity contribution >= 4 is 46.6 Å². The third-order valence-corrected chi connectivity index (χ3v) is 12.0. The molecule has 1 aromatic carbocycles. The van der Waals surface area contributed by atoms with Crippen LogP contribution in [0.5, 0.6) is 5.75 Å². The summed E-state index contributed by atoms with van der Waals surface area (Å²) in [5.41, 5.74) is 2.57. The Morgan fingerprint density at radius 3 is 2.40 bits per heavy atom. The van der Waals surface area contributed by atoms with Gasteiger partial charge in [-0.3, -0.25) is 34.2 Å². The number of ether oxygens (including phenoxy) is 1. The molecule has 0 bridgehead atoms. The number of carbonyl (C=O) groups is 5. The fraction of sp³-hybridized carbons (Fsp3) is 0.452. The fourth-order valence-electron chi connectivity index (χ4n) is 8.78. The molecule has 4 aromatic rings. The number of hydrogen-bond donors (Lipinski definition) is 3. The molecule has 3 N–H and O–H groups in total. The van der Waals surface area contributed by atoms with Crippen molar-refractivity contribution in [2.45, 2.75) is 76.2 Å². The number of nitrogens with one attached hydrogen (secondary N) is 3. The SMILES string of the molecule is COc1cc2nc(C3CCC(CN4CCC(CNc5cccc6c5C(=O)N(C5CCC(=O)NC5=O)C6=O)CC4)CC3)cn2cc1NC(=O)c1cccc(C(C)(F)F)n1. The first kappa shape index (κ1) is 39.1. The zero-order chi connectivity index (χ0) is 40.7. The predicted octanol–water partition coefficient (Wildman–Crippen LogP) is 5.60. The lowest BCUT2D eigenvalue weighted by molar-refractivity contribution is -0.136. The Morgan fingerprint density at radius 1 is 0.914 bits per heavy atom. The molecular formula is C42H46F2N8O6. The number of methoxy groups -OCH3 is 1. The summed E-state index contributed by atoms with van der Waals surface area (Å²) in [6, 6.07) is 9.85. The highest BCUT2D eigenvalue weighted by molar-refractivity contribution is 6.25. The Bertz CT molecular complexity index is 2270. The maximum Gasteiger partial charge on any atom is 0.287 e. The standard InChI is InChI=1S/C42H46F2N8O6/c1-42(43,44)34-8-4-7-29(46-34)38(54)48-31-23-51-22-30(47-35(51)19-33(31)58-2)26-11-9-25(10-12-26)21-50-17-15-24(16-18-50)20-45-28-6-3-5-27-37(28)41(57)52(40(27)56)32-13-14-36(53)49-39(32)55/h3-8,19,22-26,32,45H,9-18,20-21H2,1-2H3,(H,48,54)(H,49,53,55). The fourth-order valence-corrected chi connectivity index (χ4v) is 8.78. The van der Waals surface area contributed by atoms with E-state index in [1.807, 2.05) is 10.6 Å². The van der Waals surface area contributed by atoms with Crippen LogP contribution in [0.15, 0.2) is 54.9 Å². The highest BCUT2D eigenvalue weighted by atomic mass is 19.3. The van der Waals surface area contributed by atoms with Crippen LogP contribution in [0.2, 0.25) is 0 Å². The molecule has 2 saturated heterocycles. The van der Waals surface area contributed by atoms with E-state index in [4.69, 9.17) is 9.72 Å². The number of alkyl halides is 2. The van der Waals surface area contributed by atoms with Crippen LogP contribution in [0.4, 0.5) is 20.2 Å². The smallest absolute Gasteiger partial charge is 0.287 e. The minimum absolute atomic E-state index is 0.0767. The summed E-state index contributed by atoms with van der Waals surface area (Å²) >= 11 is 0. The molecule has 6 heterocycles. The van der Waals surface area contributed by atoms with E-state index in [1.165, 1.54) is 25.3 Å². The third kappa shape index (κ3) is 7.89. The van der Waals surface area contributed by atoms with Gasteiger partial charge in [0.15, 0.2) is 0 Å². The predicted molar refractivity (Wildman–Crippen MR) is 209 cm³/mol. The highest BCUT2D eigenvalue weighted by Gasteiger charge is 2.45. The van der Waals surface area contributed by atoms with E-state index in [9.17, 15) is 32.8 Å². The summed E-state index contributed by atoms with van der Waals surface area (Å²) in [6.07, 6.45) is 10.1. The third-order valence-electron chi connectivity index (χ3n) is 12.0. The molecule has 0 spiro atoms. The Kier molecular flexibility index (Phi) is 10.7. The lowest BCUT2D eigenvalue weighted by Crippen LogP contribution is -2.54. The number of fused-ring (bicyclic) bond motifs is 2. The number of hydrogen-bond acceptors (Lipinski definition) is 10. The van der Waals surface area contributed by atoms with Crippen molar-refractivity contribution in [2.24, 2.45) is 11.8 Å². The molecule has 1 aliphatic carbocycles. The number of imide groups is 2. The summed E-state index contributed by atoms with van der Waals surface area (Å²) in [6.45, 7) is 4.42. The van der Waals surface area contributed by atoms with Crippen LogP contribution in [0.25, 0.3) is 5.65 Å². The van der Waals surface area contributed by atoms with Gasteiger partial charge < -0.3 is 24.7 Å². The Labute approximate surface area is 333 Å². The van der Waals surface area contributed by atoms with Crippen LogP contribution in [-0.2, 0) is 15.5 Å². The van der Waals surface area contributed by atoms with Gasteiger partial charge >= 0.3 is 0 Å². The molecule has 5 amide bonds. The van der Waals surface area contributed by atoms with Gasteiger partial charge in [-0.25, -0.2) is 9.97 Å². The van der Waals surface area contributed by atoms with E-state index < -0.39 is 47.2 Å². The van der Waals surface area contributed by atoms with Crippen LogP contribution in [0.1, 0.15) is 107 Å². The van der Waals surface area contributed by atoms with E-state index in [1.54, 1.807) is 30.5 Å². The average molecular weight is 797 g/mol. The van der Waals surface area contributed by atoms with Gasteiger partial charge in [-0.05, 0) is 94.1 Å². The molecule has 1 unspecified atom stereocenters. The van der Waals surface area contributed by atoms with Gasteiger partial charge in [-0.15, -0.1) is 0 Å². The first-order valence-electron chi connectivity index (χ1n) is 19.9. The van der Waals surface area contributed by atoms with Crippen molar-refractivity contribution in [2.75, 3.05) is 43.9 Å². The number of carbonyl (C=O) groups excluding carboxylic acids is 5. The van der Waals surface area contributed by atoms with Crippen molar-refractivity contribution in [3.8, 4) is 5.75 Å². The first-order chi connectivity index (χ1) is 27.9. The normalized spacial score (nSPS) is 21.9. The molecule has 3 aromatic heterocycles. The van der Waals surface area contributed by atoms with Gasteiger partial charge in [-0.1, -0.05) is 12.1 Å². The van der Waals surface area contributed by atoms with Crippen LogP contribution in [0, 0.1) is 11.8 Å². The van der Waals surface area contributed by atoms with Crippen molar-refractivity contribution < 1.29 is 37.5 Å². The number of pyridine rings is 2. The molecule has 4 aliphatic rings. The molecule has 14 nitrogen and oxygen atoms in total. The number of amides is 5. The van der Waals surface area contributed by atoms with E-state index in [-0.39, 0.29) is 29.7 Å². The van der Waals surface area contributed by atoms with Gasteiger partial charge in [0, 0.05) is 56.5 Å². The van der Waals surface area contributed by atoms with Crippen molar-refractivity contribution in [1.82, 2.24) is 29.5 Å². The second-order valence-electron chi connectivity index (χ2n) is 16.0. The number of anilines is 2. The summed E-state index contributed by atoms with van der Waals surface area (Å²) < 4.78 is 35.0. The number of benzene rings is 1. The molecule has 304 valence electrons. The molecule has 58 heavy (non-hydrogen) atoms. The second kappa shape index (κ2) is 15.9. The summed E-state index contributed by atoms with van der Waals surface area (Å²) in [5.74, 6) is -4.16. The lowest BCUT2D eigenvalue weighted by Gasteiger charge is -2.36. The molecule has 8 rings (SSSR count). The number of likely N-dealkylation sites (tertiary alicyclic amines) is 1. The lowest BCUT2D eigenvalue weighted by atomic mass is 9.80. The first-order valence-corrected chi connectivity index (χ1v) is 19.9. The van der Waals surface area contributed by atoms with Crippen molar-refractivity contribution in [3.63, 3.8) is 0 Å². The minimum atomic E-state index is -3.18. The van der Waals surface area contributed by atoms with Gasteiger partial charge in [0.2, 0.25) is 11.8 Å². The Balaban J connectivity index is 0.813. The Morgan fingerprint density at radius 2 is 1.67 bits per heavy atom. The molecule has 1 atom stereocenters. The zero-order valence-electron chi connectivity index (χ0n) is 32.4. The van der Waals surface area contributed by atoms with E-state index in [0.717, 1.165) is 75.7 Å². The molecule has 3 aliphatic heterocycles. The maximum absolute atomic E-state index is 13.8. The largest absolute Gasteiger partial charge is 0.494 e. The summed E-state index contributed by atoms with van der Waals surface area (Å²) in [7, 11) is 1.49. The summed E-state index contributed by atoms with van der Waals surface area (Å²) in [5, 5.41) is 8.43.